The predicted molar refractivity (Wildman–Crippen MR) is 62.7 cm³/mol. The van der Waals surface area contributed by atoms with Gasteiger partial charge in [-0.15, -0.1) is 0 Å². The zero-order valence-electron chi connectivity index (χ0n) is 7.83. The summed E-state index contributed by atoms with van der Waals surface area (Å²) in [6.07, 6.45) is 4.50. The van der Waals surface area contributed by atoms with Gasteiger partial charge >= 0.3 is 0 Å². The second-order valence-corrected chi connectivity index (χ2v) is 4.76. The normalized spacial score (nSPS) is 23.9. The van der Waals surface area contributed by atoms with Crippen LogP contribution in [0.2, 0.25) is 0 Å². The Morgan fingerprint density at radius 1 is 1.53 bits per heavy atom. The van der Waals surface area contributed by atoms with Crippen LogP contribution in [-0.4, -0.2) is 23.3 Å². The van der Waals surface area contributed by atoms with Gasteiger partial charge < -0.3 is 9.64 Å². The van der Waals surface area contributed by atoms with Crippen LogP contribution in [0.3, 0.4) is 0 Å². The van der Waals surface area contributed by atoms with E-state index in [0.717, 1.165) is 28.7 Å². The van der Waals surface area contributed by atoms with E-state index in [0.29, 0.717) is 11.9 Å². The Kier molecular flexibility index (Phi) is 2.14. The van der Waals surface area contributed by atoms with Crippen molar-refractivity contribution in [2.24, 2.45) is 4.99 Å². The van der Waals surface area contributed by atoms with Gasteiger partial charge in [0.15, 0.2) is 0 Å². The van der Waals surface area contributed by atoms with E-state index in [2.05, 4.69) is 20.9 Å². The molecule has 3 rings (SSSR count). The van der Waals surface area contributed by atoms with Crippen molar-refractivity contribution in [1.82, 2.24) is 4.90 Å². The monoisotopic (exact) mass is 286 g/mol. The van der Waals surface area contributed by atoms with Crippen LogP contribution in [0, 0.1) is 0 Å². The molecule has 0 amide bonds. The van der Waals surface area contributed by atoms with E-state index >= 15 is 0 Å². The largest absolute Gasteiger partial charge is 0.496 e. The van der Waals surface area contributed by atoms with Gasteiger partial charge in [0.1, 0.15) is 6.61 Å². The van der Waals surface area contributed by atoms with Gasteiger partial charge in [-0.25, -0.2) is 4.99 Å². The van der Waals surface area contributed by atoms with Crippen LogP contribution in [0.15, 0.2) is 38.8 Å². The van der Waals surface area contributed by atoms with Crippen molar-refractivity contribution in [1.29, 1.82) is 0 Å². The van der Waals surface area contributed by atoms with Crippen LogP contribution >= 0.6 is 27.5 Å². The minimum Gasteiger partial charge on any atom is -0.496 e. The Balaban J connectivity index is 2.19. The second-order valence-electron chi connectivity index (χ2n) is 3.57. The summed E-state index contributed by atoms with van der Waals surface area (Å²) in [6, 6.07) is 0. The van der Waals surface area contributed by atoms with E-state index in [-0.39, 0.29) is 0 Å². The molecule has 0 fully saturated rings. The van der Waals surface area contributed by atoms with Gasteiger partial charge in [0, 0.05) is 18.3 Å². The molecule has 0 aromatic rings. The first kappa shape index (κ1) is 9.48. The molecule has 0 N–H and O–H groups in total. The molecular weight excluding hydrogens is 279 g/mol. The third-order valence-electron chi connectivity index (χ3n) is 2.72. The molecule has 0 saturated heterocycles. The number of amidine groups is 1. The molecule has 0 aromatic carbocycles. The molecule has 5 heteroatoms. The van der Waals surface area contributed by atoms with E-state index in [1.165, 1.54) is 5.57 Å². The average Bonchev–Trinajstić information content (AvgIpc) is 2.57. The average molecular weight is 288 g/mol. The van der Waals surface area contributed by atoms with E-state index in [1.807, 2.05) is 4.90 Å². The van der Waals surface area contributed by atoms with Crippen molar-refractivity contribution in [2.45, 2.75) is 6.42 Å². The lowest BCUT2D eigenvalue weighted by Crippen LogP contribution is -2.26. The van der Waals surface area contributed by atoms with Crippen molar-refractivity contribution in [2.75, 3.05) is 13.2 Å². The third-order valence-corrected chi connectivity index (χ3v) is 3.64. The van der Waals surface area contributed by atoms with Crippen LogP contribution in [0.4, 0.5) is 0 Å². The maximum absolute atomic E-state index is 6.05. The third kappa shape index (κ3) is 1.35. The van der Waals surface area contributed by atoms with Gasteiger partial charge in [0.05, 0.1) is 16.4 Å². The molecule has 0 aromatic heterocycles. The fourth-order valence-corrected chi connectivity index (χ4v) is 2.67. The number of hydrogen-bond acceptors (Lipinski definition) is 3. The van der Waals surface area contributed by atoms with Gasteiger partial charge in [0.25, 0.3) is 0 Å². The van der Waals surface area contributed by atoms with E-state index in [1.54, 1.807) is 12.5 Å². The van der Waals surface area contributed by atoms with Gasteiger partial charge in [0.2, 0.25) is 5.29 Å². The maximum atomic E-state index is 6.05. The van der Waals surface area contributed by atoms with E-state index in [9.17, 15) is 0 Å². The molecule has 3 nitrogen and oxygen atoms in total. The SMILES string of the molecule is ClC1=NC=C2C(Br)=COCC3=C2N1CC3. The van der Waals surface area contributed by atoms with Crippen LogP contribution in [0.1, 0.15) is 6.42 Å². The summed E-state index contributed by atoms with van der Waals surface area (Å²) in [5.41, 5.74) is 3.51. The molecule has 0 atom stereocenters. The highest BCUT2D eigenvalue weighted by Gasteiger charge is 2.32. The molecule has 0 aliphatic carbocycles. The van der Waals surface area contributed by atoms with Gasteiger partial charge in [-0.1, -0.05) is 0 Å². The fraction of sp³-hybridized carbons (Fsp3) is 0.300. The lowest BCUT2D eigenvalue weighted by atomic mass is 10.1. The summed E-state index contributed by atoms with van der Waals surface area (Å²) in [4.78, 5) is 6.21. The minimum atomic E-state index is 0.547. The first-order chi connectivity index (χ1) is 7.27. The predicted octanol–water partition coefficient (Wildman–Crippen LogP) is 2.71. The van der Waals surface area contributed by atoms with Crippen LogP contribution in [0.5, 0.6) is 0 Å². The molecule has 3 aliphatic heterocycles. The molecule has 0 saturated carbocycles. The summed E-state index contributed by atoms with van der Waals surface area (Å²) in [5, 5.41) is 0.547. The standard InChI is InChI=1S/C10H8BrClN2O/c11-8-5-15-4-6-1-2-14-9(6)7(8)3-13-10(14)12/h3,5H,1-2,4H2. The molecule has 15 heavy (non-hydrogen) atoms. The molecule has 0 unspecified atom stereocenters. The molecule has 0 spiro atoms. The summed E-state index contributed by atoms with van der Waals surface area (Å²) >= 11 is 9.53. The molecule has 78 valence electrons. The summed E-state index contributed by atoms with van der Waals surface area (Å²) in [7, 11) is 0. The quantitative estimate of drug-likeness (QED) is 0.640. The topological polar surface area (TPSA) is 24.8 Å². The lowest BCUT2D eigenvalue weighted by Gasteiger charge is -2.24. The van der Waals surface area contributed by atoms with Crippen LogP contribution in [0.25, 0.3) is 0 Å². The van der Waals surface area contributed by atoms with Crippen molar-refractivity contribution in [3.05, 3.63) is 33.8 Å². The molecule has 3 heterocycles. The number of nitrogens with zero attached hydrogens (tertiary/aromatic N) is 2. The molecule has 0 radical (unpaired) electrons. The van der Waals surface area contributed by atoms with Crippen LogP contribution in [-0.2, 0) is 4.74 Å². The number of rotatable bonds is 0. The molecular formula is C10H8BrClN2O. The first-order valence-corrected chi connectivity index (χ1v) is 5.85. The summed E-state index contributed by atoms with van der Waals surface area (Å²) in [6.45, 7) is 1.54. The Labute approximate surface area is 101 Å². The van der Waals surface area contributed by atoms with Gasteiger partial charge in [-0.05, 0) is 39.5 Å². The zero-order valence-corrected chi connectivity index (χ0v) is 10.2. The highest BCUT2D eigenvalue weighted by Crippen LogP contribution is 2.39. The van der Waals surface area contributed by atoms with Gasteiger partial charge in [-0.3, -0.25) is 0 Å². The Bertz CT molecular complexity index is 450. The minimum absolute atomic E-state index is 0.547. The van der Waals surface area contributed by atoms with E-state index < -0.39 is 0 Å². The van der Waals surface area contributed by atoms with E-state index in [4.69, 9.17) is 16.3 Å². The van der Waals surface area contributed by atoms with Crippen molar-refractivity contribution in [3.63, 3.8) is 0 Å². The maximum Gasteiger partial charge on any atom is 0.203 e. The number of ether oxygens (including phenoxy) is 1. The number of allylic oxidation sites excluding steroid dienone is 1. The Morgan fingerprint density at radius 2 is 2.40 bits per heavy atom. The number of halogens is 2. The molecule has 3 aliphatic rings. The summed E-state index contributed by atoms with van der Waals surface area (Å²) in [5.74, 6) is 0. The Morgan fingerprint density at radius 3 is 3.27 bits per heavy atom. The smallest absolute Gasteiger partial charge is 0.203 e. The highest BCUT2D eigenvalue weighted by molar-refractivity contribution is 9.12. The van der Waals surface area contributed by atoms with Crippen molar-refractivity contribution in [3.8, 4) is 0 Å². The second kappa shape index (κ2) is 3.39. The number of hydrogen-bond donors (Lipinski definition) is 0. The van der Waals surface area contributed by atoms with Crippen LogP contribution < -0.4 is 0 Å². The highest BCUT2D eigenvalue weighted by atomic mass is 79.9. The lowest BCUT2D eigenvalue weighted by molar-refractivity contribution is 0.279. The van der Waals surface area contributed by atoms with Crippen molar-refractivity contribution < 1.29 is 4.74 Å². The Hall–Kier alpha value is -0.740. The first-order valence-electron chi connectivity index (χ1n) is 4.68. The number of aliphatic imine (C=N–C) groups is 1. The zero-order chi connectivity index (χ0) is 10.4. The van der Waals surface area contributed by atoms with Crippen molar-refractivity contribution >= 4 is 32.8 Å². The summed E-state index contributed by atoms with van der Waals surface area (Å²) < 4.78 is 6.36. The molecule has 0 bridgehead atoms. The fourth-order valence-electron chi connectivity index (χ4n) is 2.03. The van der Waals surface area contributed by atoms with Gasteiger partial charge in [-0.2, -0.15) is 0 Å².